The zero-order valence-corrected chi connectivity index (χ0v) is 19.2. The molecule has 1 aliphatic heterocycles. The van der Waals surface area contributed by atoms with Gasteiger partial charge in [0.25, 0.3) is 0 Å². The maximum Gasteiger partial charge on any atom is 0.458 e. The molecule has 2 aromatic carbocycles. The monoisotopic (exact) mass is 536 g/mol. The first kappa shape index (κ1) is 25.9. The predicted molar refractivity (Wildman–Crippen MR) is 113 cm³/mol. The molecule has 15 heteroatoms. The third-order valence-electron chi connectivity index (χ3n) is 5.49. The number of sulfone groups is 1. The van der Waals surface area contributed by atoms with Crippen molar-refractivity contribution < 1.29 is 44.0 Å². The Hall–Kier alpha value is -3.17. The van der Waals surface area contributed by atoms with Crippen LogP contribution in [0.4, 0.5) is 32.0 Å². The summed E-state index contributed by atoms with van der Waals surface area (Å²) in [7, 11) is -3.65. The fraction of sp³-hybridized carbons (Fsp3) is 0.333. The second-order valence-corrected chi connectivity index (χ2v) is 10.1. The van der Waals surface area contributed by atoms with Gasteiger partial charge in [-0.2, -0.15) is 22.5 Å². The average molecular weight is 536 g/mol. The van der Waals surface area contributed by atoms with E-state index in [2.05, 4.69) is 19.4 Å². The van der Waals surface area contributed by atoms with Crippen LogP contribution in [0, 0.1) is 11.6 Å². The van der Waals surface area contributed by atoms with Crippen molar-refractivity contribution in [2.45, 2.75) is 29.5 Å². The van der Waals surface area contributed by atoms with Crippen molar-refractivity contribution in [3.63, 3.8) is 0 Å². The molecule has 0 radical (unpaired) electrons. The van der Waals surface area contributed by atoms with Gasteiger partial charge in [0.1, 0.15) is 11.6 Å². The third-order valence-corrected chi connectivity index (χ3v) is 7.35. The fourth-order valence-electron chi connectivity index (χ4n) is 3.76. The molecule has 0 amide bonds. The minimum absolute atomic E-state index is 0.0164. The van der Waals surface area contributed by atoms with Crippen LogP contribution in [0.25, 0.3) is 11.4 Å². The number of fused-ring (bicyclic) bond motifs is 1. The van der Waals surface area contributed by atoms with Crippen molar-refractivity contribution in [3.05, 3.63) is 59.5 Å². The number of aromatic nitrogens is 2. The van der Waals surface area contributed by atoms with Crippen molar-refractivity contribution in [1.82, 2.24) is 10.1 Å². The van der Waals surface area contributed by atoms with Gasteiger partial charge in [0.05, 0.1) is 21.9 Å². The molecule has 2 atom stereocenters. The number of methoxy groups -OCH3 is 1. The minimum atomic E-state index is -5.59. The lowest BCUT2D eigenvalue weighted by Crippen LogP contribution is -2.40. The minimum Gasteiger partial charge on any atom is -0.365 e. The van der Waals surface area contributed by atoms with Crippen LogP contribution >= 0.6 is 0 Å². The Kier molecular flexibility index (Phi) is 6.51. The number of halogens is 6. The van der Waals surface area contributed by atoms with Crippen molar-refractivity contribution in [2.24, 2.45) is 5.73 Å². The second kappa shape index (κ2) is 9.05. The summed E-state index contributed by atoms with van der Waals surface area (Å²) in [4.78, 5) is 4.39. The van der Waals surface area contributed by atoms with Crippen LogP contribution < -0.4 is 10.6 Å². The number of nitrogens with two attached hydrogens (primary N) is 1. The van der Waals surface area contributed by atoms with Crippen molar-refractivity contribution in [1.29, 1.82) is 0 Å². The molecule has 0 saturated heterocycles. The molecule has 1 aliphatic rings. The van der Waals surface area contributed by atoms with E-state index in [1.807, 2.05) is 0 Å². The number of ether oxygens (including phenoxy) is 1. The first-order valence-electron chi connectivity index (χ1n) is 10.2. The number of hydrogen-bond donors (Lipinski definition) is 1. The number of anilines is 1. The van der Waals surface area contributed by atoms with E-state index in [1.165, 1.54) is 29.2 Å². The molecule has 2 N–H and O–H groups in total. The third kappa shape index (κ3) is 4.65. The van der Waals surface area contributed by atoms with E-state index in [9.17, 15) is 30.4 Å². The van der Waals surface area contributed by atoms with E-state index in [4.69, 9.17) is 5.73 Å². The summed E-state index contributed by atoms with van der Waals surface area (Å²) in [6, 6.07) is 6.08. The molecular weight excluding hydrogens is 518 g/mol. The van der Waals surface area contributed by atoms with Gasteiger partial charge in [-0.3, -0.25) is 0 Å². The van der Waals surface area contributed by atoms with Crippen LogP contribution in [0.5, 0.6) is 0 Å². The quantitative estimate of drug-likeness (QED) is 0.494. The first-order chi connectivity index (χ1) is 16.7. The maximum absolute atomic E-state index is 15.0. The van der Waals surface area contributed by atoms with Gasteiger partial charge in [0, 0.05) is 26.2 Å². The van der Waals surface area contributed by atoms with E-state index in [0.29, 0.717) is 18.7 Å². The molecule has 0 fully saturated rings. The van der Waals surface area contributed by atoms with E-state index in [-0.39, 0.29) is 18.8 Å². The Bertz CT molecular complexity index is 1380. The number of hydrogen-bond acceptors (Lipinski definition) is 8. The Balaban J connectivity index is 1.83. The molecule has 0 aliphatic carbocycles. The number of benzene rings is 2. The highest BCUT2D eigenvalue weighted by Crippen LogP contribution is 2.43. The van der Waals surface area contributed by atoms with E-state index in [0.717, 1.165) is 6.07 Å². The molecule has 0 saturated carbocycles. The van der Waals surface area contributed by atoms with Crippen LogP contribution in [0.1, 0.15) is 11.5 Å². The summed E-state index contributed by atoms with van der Waals surface area (Å²) in [6.07, 6.45) is -5.59. The Labute approximate surface area is 200 Å². The topological polar surface area (TPSA) is 112 Å². The second-order valence-electron chi connectivity index (χ2n) is 8.07. The highest BCUT2D eigenvalue weighted by molar-refractivity contribution is 7.91. The Morgan fingerprint density at radius 3 is 2.44 bits per heavy atom. The molecular formula is C21H18F6N4O4S. The summed E-state index contributed by atoms with van der Waals surface area (Å²) < 4.78 is 116. The zero-order chi connectivity index (χ0) is 26.5. The summed E-state index contributed by atoms with van der Waals surface area (Å²) >= 11 is 0. The molecule has 0 spiro atoms. The van der Waals surface area contributed by atoms with Gasteiger partial charge >= 0.3 is 17.9 Å². The molecule has 4 rings (SSSR count). The molecule has 194 valence electrons. The molecule has 36 heavy (non-hydrogen) atoms. The lowest BCUT2D eigenvalue weighted by Gasteiger charge is -2.26. The summed E-state index contributed by atoms with van der Waals surface area (Å²) in [5, 5.41) is 3.24. The van der Waals surface area contributed by atoms with Gasteiger partial charge in [0.15, 0.2) is 9.84 Å². The normalized spacial score (nSPS) is 19.4. The largest absolute Gasteiger partial charge is 0.458 e. The first-order valence-corrected chi connectivity index (χ1v) is 11.9. The number of rotatable bonds is 5. The van der Waals surface area contributed by atoms with Crippen molar-refractivity contribution >= 4 is 15.5 Å². The van der Waals surface area contributed by atoms with Crippen LogP contribution in [0.15, 0.2) is 45.8 Å². The fourth-order valence-corrected chi connectivity index (χ4v) is 5.40. The highest BCUT2D eigenvalue weighted by atomic mass is 32.2. The van der Waals surface area contributed by atoms with Gasteiger partial charge in [-0.05, 0) is 29.8 Å². The molecule has 2 heterocycles. The van der Waals surface area contributed by atoms with Crippen LogP contribution in [0.3, 0.4) is 0 Å². The molecule has 8 nitrogen and oxygen atoms in total. The van der Waals surface area contributed by atoms with Crippen LogP contribution in [0.2, 0.25) is 0 Å². The summed E-state index contributed by atoms with van der Waals surface area (Å²) in [6.45, 7) is 0.0158. The standard InChI is InChI=1S/C21H18F6N4O4S/c1-34-20(24,21(25,26)27)19-29-18(30-35-19)14-6-16-17(7-15(14)23)36(32,33)10-13(28)9-31(16)8-11-2-4-12(22)5-3-11/h2-7,13H,8-10,28H2,1H3/t13-,20?/m1/s1. The smallest absolute Gasteiger partial charge is 0.365 e. The highest BCUT2D eigenvalue weighted by Gasteiger charge is 2.63. The molecule has 0 bridgehead atoms. The average Bonchev–Trinajstić information content (AvgIpc) is 3.25. The van der Waals surface area contributed by atoms with E-state index < -0.39 is 67.5 Å². The van der Waals surface area contributed by atoms with E-state index >= 15 is 4.39 Å². The van der Waals surface area contributed by atoms with Gasteiger partial charge in [-0.1, -0.05) is 17.3 Å². The van der Waals surface area contributed by atoms with Crippen LogP contribution in [-0.4, -0.2) is 50.2 Å². The molecule has 1 unspecified atom stereocenters. The van der Waals surface area contributed by atoms with Crippen molar-refractivity contribution in [2.75, 3.05) is 24.3 Å². The maximum atomic E-state index is 15.0. The zero-order valence-electron chi connectivity index (χ0n) is 18.4. The summed E-state index contributed by atoms with van der Waals surface area (Å²) in [5.41, 5.74) is 5.93. The lowest BCUT2D eigenvalue weighted by atomic mass is 10.1. The Morgan fingerprint density at radius 2 is 1.83 bits per heavy atom. The van der Waals surface area contributed by atoms with Gasteiger partial charge in [-0.15, -0.1) is 0 Å². The van der Waals surface area contributed by atoms with E-state index in [1.54, 1.807) is 0 Å². The van der Waals surface area contributed by atoms with Crippen LogP contribution in [-0.2, 0) is 27.0 Å². The van der Waals surface area contributed by atoms with Gasteiger partial charge < -0.3 is 19.9 Å². The number of nitrogens with zero attached hydrogens (tertiary/aromatic N) is 3. The van der Waals surface area contributed by atoms with Crippen molar-refractivity contribution in [3.8, 4) is 11.4 Å². The lowest BCUT2D eigenvalue weighted by molar-refractivity contribution is -0.342. The summed E-state index contributed by atoms with van der Waals surface area (Å²) in [5.74, 6) is -9.07. The van der Waals surface area contributed by atoms with Gasteiger partial charge in [-0.25, -0.2) is 17.2 Å². The predicted octanol–water partition coefficient (Wildman–Crippen LogP) is 3.47. The molecule has 3 aromatic rings. The SMILES string of the molecule is COC(F)(c1nc(-c2cc3c(cc2F)S(=O)(=O)C[C@H](N)CN3Cc2ccc(F)cc2)no1)C(F)(F)F. The molecule has 1 aromatic heterocycles. The van der Waals surface area contributed by atoms with Gasteiger partial charge in [0.2, 0.25) is 5.82 Å². The number of alkyl halides is 4. The Morgan fingerprint density at radius 1 is 1.17 bits per heavy atom.